The maximum absolute atomic E-state index is 14.7. The molecule has 1 fully saturated rings. The predicted octanol–water partition coefficient (Wildman–Crippen LogP) is 4.36. The van der Waals surface area contributed by atoms with E-state index in [1.54, 1.807) is 13.0 Å². The largest absolute Gasteiger partial charge is 0.460 e. The van der Waals surface area contributed by atoms with Crippen LogP contribution in [0.3, 0.4) is 0 Å². The predicted molar refractivity (Wildman–Crippen MR) is 119 cm³/mol. The number of ether oxygens (including phenoxy) is 1. The van der Waals surface area contributed by atoms with Gasteiger partial charge in [0, 0.05) is 11.1 Å². The van der Waals surface area contributed by atoms with Crippen molar-refractivity contribution < 1.29 is 22.7 Å². The third-order valence-corrected chi connectivity index (χ3v) is 5.96. The second-order valence-corrected chi connectivity index (χ2v) is 8.25. The molecule has 2 amide bonds. The van der Waals surface area contributed by atoms with Crippen molar-refractivity contribution >= 4 is 17.5 Å². The third kappa shape index (κ3) is 4.05. The molecule has 34 heavy (non-hydrogen) atoms. The van der Waals surface area contributed by atoms with Crippen molar-refractivity contribution in [1.82, 2.24) is 20.6 Å². The molecule has 5 rings (SSSR count). The van der Waals surface area contributed by atoms with Crippen molar-refractivity contribution in [3.8, 4) is 17.3 Å². The first-order valence-corrected chi connectivity index (χ1v) is 11.0. The number of hydrogen-bond acceptors (Lipinski definition) is 5. The van der Waals surface area contributed by atoms with Crippen LogP contribution < -0.4 is 20.3 Å². The van der Waals surface area contributed by atoms with E-state index in [1.807, 2.05) is 0 Å². The number of benzene rings is 2. The molecule has 0 aliphatic carbocycles. The van der Waals surface area contributed by atoms with Gasteiger partial charge in [0.25, 0.3) is 0 Å². The normalized spacial score (nSPS) is 16.2. The molecule has 2 aromatic carbocycles. The summed E-state index contributed by atoms with van der Waals surface area (Å²) >= 11 is 0. The number of aromatic nitrogens is 2. The van der Waals surface area contributed by atoms with Crippen molar-refractivity contribution in [2.45, 2.75) is 32.4 Å². The van der Waals surface area contributed by atoms with Gasteiger partial charge in [0.05, 0.1) is 12.2 Å². The van der Waals surface area contributed by atoms with Crippen LogP contribution in [0.5, 0.6) is 6.01 Å². The second-order valence-electron chi connectivity index (χ2n) is 8.25. The Morgan fingerprint density at radius 2 is 1.79 bits per heavy atom. The molecule has 0 unspecified atom stereocenters. The highest BCUT2D eigenvalue weighted by Crippen LogP contribution is 2.39. The van der Waals surface area contributed by atoms with E-state index in [0.717, 1.165) is 43.0 Å². The number of nitrogens with one attached hydrogen (secondary N) is 2. The zero-order chi connectivity index (χ0) is 23.8. The van der Waals surface area contributed by atoms with E-state index in [1.165, 1.54) is 18.2 Å². The summed E-state index contributed by atoms with van der Waals surface area (Å²) in [6, 6.07) is 6.86. The molecule has 0 bridgehead atoms. The number of nitrogens with zero attached hydrogens (tertiary/aromatic N) is 3. The molecule has 0 atom stereocenters. The SMILES string of the molecule is Cc1cc(F)ccc1-c1nc(OC2CCNCC2)nc2c1CNC(=O)N2c1c(F)cccc1F. The molecule has 0 spiro atoms. The number of carbonyl (C=O) groups is 1. The van der Waals surface area contributed by atoms with Crippen molar-refractivity contribution in [1.29, 1.82) is 0 Å². The number of carbonyl (C=O) groups excluding carboxylic acids is 1. The maximum atomic E-state index is 14.7. The molecule has 10 heteroatoms. The van der Waals surface area contributed by atoms with E-state index >= 15 is 0 Å². The van der Waals surface area contributed by atoms with Crippen LogP contribution in [0.4, 0.5) is 29.5 Å². The Kier molecular flexibility index (Phi) is 5.82. The number of aryl methyl sites for hydroxylation is 1. The fraction of sp³-hybridized carbons (Fsp3) is 0.292. The highest BCUT2D eigenvalue weighted by atomic mass is 19.1. The lowest BCUT2D eigenvalue weighted by molar-refractivity contribution is 0.149. The molecule has 0 radical (unpaired) electrons. The van der Waals surface area contributed by atoms with Crippen LogP contribution in [-0.2, 0) is 6.54 Å². The third-order valence-electron chi connectivity index (χ3n) is 5.96. The summed E-state index contributed by atoms with van der Waals surface area (Å²) in [6.07, 6.45) is 1.31. The lowest BCUT2D eigenvalue weighted by atomic mass is 10.00. The Morgan fingerprint density at radius 1 is 1.06 bits per heavy atom. The molecule has 3 heterocycles. The van der Waals surface area contributed by atoms with E-state index in [4.69, 9.17) is 4.74 Å². The molecule has 2 aliphatic rings. The zero-order valence-electron chi connectivity index (χ0n) is 18.4. The summed E-state index contributed by atoms with van der Waals surface area (Å²) in [5.74, 6) is -2.21. The molecule has 7 nitrogen and oxygen atoms in total. The number of fused-ring (bicyclic) bond motifs is 1. The van der Waals surface area contributed by atoms with Crippen LogP contribution in [0.2, 0.25) is 0 Å². The van der Waals surface area contributed by atoms with E-state index in [9.17, 15) is 18.0 Å². The van der Waals surface area contributed by atoms with Crippen LogP contribution in [0.1, 0.15) is 24.0 Å². The van der Waals surface area contributed by atoms with Crippen molar-refractivity contribution in [3.05, 3.63) is 65.0 Å². The quantitative estimate of drug-likeness (QED) is 0.594. The van der Waals surface area contributed by atoms with Gasteiger partial charge in [-0.2, -0.15) is 9.97 Å². The van der Waals surface area contributed by atoms with E-state index in [0.29, 0.717) is 22.4 Å². The minimum atomic E-state index is -0.915. The Morgan fingerprint density at radius 3 is 2.50 bits per heavy atom. The number of halogens is 3. The lowest BCUT2D eigenvalue weighted by Gasteiger charge is -2.31. The van der Waals surface area contributed by atoms with Crippen LogP contribution >= 0.6 is 0 Å². The summed E-state index contributed by atoms with van der Waals surface area (Å²) in [5, 5.41) is 5.88. The average Bonchev–Trinajstić information content (AvgIpc) is 2.80. The fourth-order valence-corrected chi connectivity index (χ4v) is 4.28. The molecule has 2 aliphatic heterocycles. The number of anilines is 2. The van der Waals surface area contributed by atoms with E-state index in [-0.39, 0.29) is 24.5 Å². The summed E-state index contributed by atoms with van der Waals surface area (Å²) in [4.78, 5) is 22.7. The Balaban J connectivity index is 1.71. The molecule has 2 N–H and O–H groups in total. The van der Waals surface area contributed by atoms with Gasteiger partial charge in [-0.1, -0.05) is 6.07 Å². The van der Waals surface area contributed by atoms with Gasteiger partial charge in [0.1, 0.15) is 29.2 Å². The first-order chi connectivity index (χ1) is 16.4. The molecule has 176 valence electrons. The molecule has 1 saturated heterocycles. The zero-order valence-corrected chi connectivity index (χ0v) is 18.4. The number of urea groups is 1. The standard InChI is InChI=1S/C24H22F3N5O2/c1-13-11-14(25)5-6-16(13)20-17-12-29-24(33)32(21-18(26)3-2-4-19(21)27)22(17)31-23(30-20)34-15-7-9-28-10-8-15/h2-6,11,15,28H,7-10,12H2,1H3,(H,29,33). The van der Waals surface area contributed by atoms with Gasteiger partial charge in [-0.15, -0.1) is 0 Å². The van der Waals surface area contributed by atoms with Gasteiger partial charge < -0.3 is 15.4 Å². The van der Waals surface area contributed by atoms with Crippen LogP contribution in [0, 0.1) is 24.4 Å². The van der Waals surface area contributed by atoms with E-state index < -0.39 is 29.2 Å². The fourth-order valence-electron chi connectivity index (χ4n) is 4.28. The second kappa shape index (κ2) is 8.94. The highest BCUT2D eigenvalue weighted by Gasteiger charge is 2.34. The Labute approximate surface area is 194 Å². The van der Waals surface area contributed by atoms with Gasteiger partial charge in [-0.05, 0) is 68.8 Å². The number of piperidine rings is 1. The van der Waals surface area contributed by atoms with Crippen molar-refractivity contribution in [2.24, 2.45) is 0 Å². The first kappa shape index (κ1) is 22.1. The monoisotopic (exact) mass is 469 g/mol. The van der Waals surface area contributed by atoms with Crippen LogP contribution in [-0.4, -0.2) is 35.2 Å². The summed E-state index contributed by atoms with van der Waals surface area (Å²) in [6.45, 7) is 3.31. The van der Waals surface area contributed by atoms with Gasteiger partial charge in [-0.25, -0.2) is 22.9 Å². The topological polar surface area (TPSA) is 79.4 Å². The average molecular weight is 469 g/mol. The number of hydrogen-bond donors (Lipinski definition) is 2. The number of amides is 2. The number of para-hydroxylation sites is 1. The van der Waals surface area contributed by atoms with Gasteiger partial charge >= 0.3 is 12.0 Å². The highest BCUT2D eigenvalue weighted by molar-refractivity contribution is 6.02. The minimum Gasteiger partial charge on any atom is -0.460 e. The van der Waals surface area contributed by atoms with Gasteiger partial charge in [-0.3, -0.25) is 0 Å². The van der Waals surface area contributed by atoms with E-state index in [2.05, 4.69) is 20.6 Å². The van der Waals surface area contributed by atoms with Gasteiger partial charge in [0.15, 0.2) is 5.82 Å². The van der Waals surface area contributed by atoms with Crippen LogP contribution in [0.15, 0.2) is 36.4 Å². The minimum absolute atomic E-state index is 0.0131. The van der Waals surface area contributed by atoms with Gasteiger partial charge in [0.2, 0.25) is 0 Å². The van der Waals surface area contributed by atoms with Crippen molar-refractivity contribution in [3.63, 3.8) is 0 Å². The Bertz CT molecular complexity index is 1240. The lowest BCUT2D eigenvalue weighted by Crippen LogP contribution is -2.43. The molecule has 3 aromatic rings. The summed E-state index contributed by atoms with van der Waals surface area (Å²) in [7, 11) is 0. The first-order valence-electron chi connectivity index (χ1n) is 11.0. The van der Waals surface area contributed by atoms with Crippen molar-refractivity contribution in [2.75, 3.05) is 18.0 Å². The molecule has 1 aromatic heterocycles. The summed E-state index contributed by atoms with van der Waals surface area (Å²) < 4.78 is 49.3. The molecular formula is C24H22F3N5O2. The molecular weight excluding hydrogens is 447 g/mol. The molecule has 0 saturated carbocycles. The van der Waals surface area contributed by atoms with Crippen LogP contribution in [0.25, 0.3) is 11.3 Å². The maximum Gasteiger partial charge on any atom is 0.328 e. The Hall–Kier alpha value is -3.66. The number of rotatable bonds is 4. The summed E-state index contributed by atoms with van der Waals surface area (Å²) in [5.41, 5.74) is 1.49. The smallest absolute Gasteiger partial charge is 0.328 e.